The van der Waals surface area contributed by atoms with Crippen molar-refractivity contribution in [2.24, 2.45) is 0 Å². The van der Waals surface area contributed by atoms with E-state index in [4.69, 9.17) is 4.74 Å². The Labute approximate surface area is 83.7 Å². The lowest BCUT2D eigenvalue weighted by atomic mass is 10.2. The molecule has 0 bridgehead atoms. The fraction of sp³-hybridized carbons (Fsp3) is 0.714. The summed E-state index contributed by atoms with van der Waals surface area (Å²) in [5.41, 5.74) is 0. The van der Waals surface area contributed by atoms with E-state index in [-0.39, 0.29) is 13.1 Å². The van der Waals surface area contributed by atoms with Gasteiger partial charge in [-0.2, -0.15) is 4.37 Å². The van der Waals surface area contributed by atoms with Crippen molar-refractivity contribution in [3.05, 3.63) is 5.82 Å². The van der Waals surface area contributed by atoms with E-state index in [1.165, 1.54) is 4.90 Å². The van der Waals surface area contributed by atoms with Gasteiger partial charge in [0.15, 0.2) is 5.82 Å². The molecule has 1 aliphatic heterocycles. The van der Waals surface area contributed by atoms with Gasteiger partial charge in [0.1, 0.15) is 6.61 Å². The molecule has 4 nitrogen and oxygen atoms in total. The van der Waals surface area contributed by atoms with Crippen LogP contribution in [-0.4, -0.2) is 35.5 Å². The minimum Gasteiger partial charge on any atom is -0.377 e. The average molecular weight is 221 g/mol. The molecule has 78 valence electrons. The van der Waals surface area contributed by atoms with Gasteiger partial charge < -0.3 is 9.64 Å². The molecule has 0 N–H and O–H groups in total. The van der Waals surface area contributed by atoms with E-state index in [1.807, 2.05) is 0 Å². The van der Waals surface area contributed by atoms with E-state index in [2.05, 4.69) is 9.36 Å². The SMILES string of the molecule is COCc1nsc(N2CC(F)(F)C2)n1. The lowest BCUT2D eigenvalue weighted by Gasteiger charge is -2.38. The van der Waals surface area contributed by atoms with Gasteiger partial charge in [-0.05, 0) is 0 Å². The molecule has 0 unspecified atom stereocenters. The van der Waals surface area contributed by atoms with Gasteiger partial charge in [-0.25, -0.2) is 13.8 Å². The second-order valence-corrected chi connectivity index (χ2v) is 3.87. The van der Waals surface area contributed by atoms with E-state index in [0.717, 1.165) is 11.5 Å². The fourth-order valence-electron chi connectivity index (χ4n) is 1.21. The largest absolute Gasteiger partial charge is 0.377 e. The van der Waals surface area contributed by atoms with Crippen molar-refractivity contribution in [1.82, 2.24) is 9.36 Å². The van der Waals surface area contributed by atoms with Gasteiger partial charge in [0.2, 0.25) is 5.13 Å². The summed E-state index contributed by atoms with van der Waals surface area (Å²) in [4.78, 5) is 5.57. The summed E-state index contributed by atoms with van der Waals surface area (Å²) in [7, 11) is 1.54. The van der Waals surface area contributed by atoms with E-state index in [9.17, 15) is 8.78 Å². The van der Waals surface area contributed by atoms with E-state index < -0.39 is 5.92 Å². The number of nitrogens with zero attached hydrogens (tertiary/aromatic N) is 3. The molecule has 7 heteroatoms. The van der Waals surface area contributed by atoms with Crippen LogP contribution in [0.15, 0.2) is 0 Å². The maximum absolute atomic E-state index is 12.5. The standard InChI is InChI=1S/C7H9F2N3OS/c1-13-2-5-10-6(14-11-5)12-3-7(8,9)4-12/h2-4H2,1H3. The third-order valence-corrected chi connectivity index (χ3v) is 2.66. The molecule has 1 fully saturated rings. The number of anilines is 1. The van der Waals surface area contributed by atoms with Gasteiger partial charge in [0.25, 0.3) is 5.92 Å². The summed E-state index contributed by atoms with van der Waals surface area (Å²) < 4.78 is 33.8. The van der Waals surface area contributed by atoms with Gasteiger partial charge in [0, 0.05) is 18.6 Å². The number of halogens is 2. The Balaban J connectivity index is 1.98. The Morgan fingerprint density at radius 2 is 2.29 bits per heavy atom. The second kappa shape index (κ2) is 3.39. The summed E-state index contributed by atoms with van der Waals surface area (Å²) >= 11 is 1.13. The Morgan fingerprint density at radius 1 is 1.57 bits per heavy atom. The molecule has 0 aliphatic carbocycles. The van der Waals surface area contributed by atoms with Crippen molar-refractivity contribution >= 4 is 16.7 Å². The molecule has 0 radical (unpaired) electrons. The minimum atomic E-state index is -2.56. The van der Waals surface area contributed by atoms with Crippen molar-refractivity contribution in [2.75, 3.05) is 25.1 Å². The summed E-state index contributed by atoms with van der Waals surface area (Å²) in [6.45, 7) is -0.191. The molecule has 0 aromatic carbocycles. The van der Waals surface area contributed by atoms with E-state index in [1.54, 1.807) is 7.11 Å². The number of methoxy groups -OCH3 is 1. The highest BCUT2D eigenvalue weighted by atomic mass is 32.1. The smallest absolute Gasteiger partial charge is 0.282 e. The summed E-state index contributed by atoms with van der Waals surface area (Å²) in [5, 5.41) is 0.544. The average Bonchev–Trinajstić information content (AvgIpc) is 2.49. The first-order chi connectivity index (χ1) is 6.61. The van der Waals surface area contributed by atoms with Gasteiger partial charge >= 0.3 is 0 Å². The topological polar surface area (TPSA) is 38.2 Å². The van der Waals surface area contributed by atoms with Crippen LogP contribution in [0.25, 0.3) is 0 Å². The number of rotatable bonds is 3. The molecule has 2 rings (SSSR count). The highest BCUT2D eigenvalue weighted by molar-refractivity contribution is 7.09. The van der Waals surface area contributed by atoms with Crippen molar-refractivity contribution in [3.8, 4) is 0 Å². The maximum Gasteiger partial charge on any atom is 0.282 e. The second-order valence-electron chi connectivity index (χ2n) is 3.14. The van der Waals surface area contributed by atoms with Crippen LogP contribution in [0.2, 0.25) is 0 Å². The van der Waals surface area contributed by atoms with Crippen molar-refractivity contribution < 1.29 is 13.5 Å². The molecular weight excluding hydrogens is 212 g/mol. The number of ether oxygens (including phenoxy) is 1. The molecule has 1 saturated heterocycles. The fourth-order valence-corrected chi connectivity index (χ4v) is 1.88. The van der Waals surface area contributed by atoms with Crippen LogP contribution < -0.4 is 4.90 Å². The van der Waals surface area contributed by atoms with Crippen LogP contribution in [0.1, 0.15) is 5.82 Å². The molecule has 0 atom stereocenters. The van der Waals surface area contributed by atoms with Crippen LogP contribution in [-0.2, 0) is 11.3 Å². The van der Waals surface area contributed by atoms with E-state index >= 15 is 0 Å². The summed E-state index contributed by atoms with van der Waals surface area (Å²) in [5.74, 6) is -2.02. The van der Waals surface area contributed by atoms with Crippen LogP contribution in [0.3, 0.4) is 0 Å². The van der Waals surface area contributed by atoms with Crippen LogP contribution in [0.5, 0.6) is 0 Å². The Morgan fingerprint density at radius 3 is 2.86 bits per heavy atom. The van der Waals surface area contributed by atoms with Crippen molar-refractivity contribution in [2.45, 2.75) is 12.5 Å². The third kappa shape index (κ3) is 1.83. The molecule has 2 heterocycles. The van der Waals surface area contributed by atoms with Crippen LogP contribution in [0, 0.1) is 0 Å². The lowest BCUT2D eigenvalue weighted by molar-refractivity contribution is -0.0263. The van der Waals surface area contributed by atoms with Gasteiger partial charge in [-0.3, -0.25) is 0 Å². The molecule has 0 spiro atoms. The summed E-state index contributed by atoms with van der Waals surface area (Å²) in [6.07, 6.45) is 0. The number of hydrogen-bond acceptors (Lipinski definition) is 5. The molecule has 14 heavy (non-hydrogen) atoms. The zero-order chi connectivity index (χ0) is 10.2. The number of aromatic nitrogens is 2. The highest BCUT2D eigenvalue weighted by Crippen LogP contribution is 2.32. The monoisotopic (exact) mass is 221 g/mol. The summed E-state index contributed by atoms with van der Waals surface area (Å²) in [6, 6.07) is 0. The molecule has 1 aliphatic rings. The number of alkyl halides is 2. The first kappa shape index (κ1) is 9.72. The normalized spacial score (nSPS) is 19.5. The van der Waals surface area contributed by atoms with Gasteiger partial charge in [-0.1, -0.05) is 0 Å². The lowest BCUT2D eigenvalue weighted by Crippen LogP contribution is -2.56. The minimum absolute atomic E-state index is 0.255. The van der Waals surface area contributed by atoms with Crippen LogP contribution in [0.4, 0.5) is 13.9 Å². The van der Waals surface area contributed by atoms with Crippen LogP contribution >= 0.6 is 11.5 Å². The highest BCUT2D eigenvalue weighted by Gasteiger charge is 2.45. The molecular formula is C7H9F2N3OS. The predicted octanol–water partition coefficient (Wildman–Crippen LogP) is 1.14. The maximum atomic E-state index is 12.5. The van der Waals surface area contributed by atoms with Gasteiger partial charge in [0.05, 0.1) is 13.1 Å². The van der Waals surface area contributed by atoms with Gasteiger partial charge in [-0.15, -0.1) is 0 Å². The third-order valence-electron chi connectivity index (χ3n) is 1.85. The molecule has 1 aromatic rings. The Hall–Kier alpha value is -0.820. The molecule has 0 saturated carbocycles. The Kier molecular flexibility index (Phi) is 2.36. The quantitative estimate of drug-likeness (QED) is 0.767. The first-order valence-corrected chi connectivity index (χ1v) is 4.82. The van der Waals surface area contributed by atoms with Crippen molar-refractivity contribution in [3.63, 3.8) is 0 Å². The van der Waals surface area contributed by atoms with E-state index in [0.29, 0.717) is 17.6 Å². The van der Waals surface area contributed by atoms with Crippen molar-refractivity contribution in [1.29, 1.82) is 0 Å². The zero-order valence-corrected chi connectivity index (χ0v) is 8.35. The first-order valence-electron chi connectivity index (χ1n) is 4.05. The zero-order valence-electron chi connectivity index (χ0n) is 7.54. The molecule has 1 aromatic heterocycles. The number of hydrogen-bond donors (Lipinski definition) is 0. The predicted molar refractivity (Wildman–Crippen MR) is 47.8 cm³/mol. The Bertz CT molecular complexity index is 322. The molecule has 0 amide bonds.